The van der Waals surface area contributed by atoms with Crippen molar-refractivity contribution in [2.75, 3.05) is 17.7 Å². The number of rotatable bonds is 8. The van der Waals surface area contributed by atoms with Gasteiger partial charge in [0.1, 0.15) is 5.00 Å². The zero-order valence-electron chi connectivity index (χ0n) is 17.7. The van der Waals surface area contributed by atoms with E-state index in [4.69, 9.17) is 16.3 Å². The number of esters is 1. The molecule has 31 heavy (non-hydrogen) atoms. The average Bonchev–Trinajstić information content (AvgIpc) is 3.27. The van der Waals surface area contributed by atoms with E-state index < -0.39 is 5.97 Å². The van der Waals surface area contributed by atoms with Crippen LogP contribution in [0.25, 0.3) is 11.4 Å². The van der Waals surface area contributed by atoms with Crippen LogP contribution in [0, 0.1) is 13.8 Å². The van der Waals surface area contributed by atoms with E-state index in [1.54, 1.807) is 13.0 Å². The molecule has 1 N–H and O–H groups in total. The lowest BCUT2D eigenvalue weighted by atomic mass is 10.1. The molecule has 0 saturated carbocycles. The molecule has 0 aliphatic rings. The zero-order valence-corrected chi connectivity index (χ0v) is 20.1. The number of thioether (sulfide) groups is 1. The highest BCUT2D eigenvalue weighted by Gasteiger charge is 2.22. The quantitative estimate of drug-likeness (QED) is 0.353. The summed E-state index contributed by atoms with van der Waals surface area (Å²) in [6, 6.07) is 7.44. The second-order valence-electron chi connectivity index (χ2n) is 6.57. The molecule has 164 valence electrons. The monoisotopic (exact) mass is 478 g/mol. The molecule has 0 fully saturated rings. The third kappa shape index (κ3) is 5.11. The van der Waals surface area contributed by atoms with E-state index in [1.807, 2.05) is 43.5 Å². The van der Waals surface area contributed by atoms with Crippen LogP contribution in [0.15, 0.2) is 29.4 Å². The van der Waals surface area contributed by atoms with Crippen molar-refractivity contribution in [2.24, 2.45) is 0 Å². The van der Waals surface area contributed by atoms with Crippen molar-refractivity contribution in [1.82, 2.24) is 14.8 Å². The molecule has 0 bridgehead atoms. The summed E-state index contributed by atoms with van der Waals surface area (Å²) in [6.07, 6.45) is 0. The Bertz CT molecular complexity index is 1110. The Balaban J connectivity index is 1.74. The number of halogens is 1. The minimum atomic E-state index is -0.428. The highest BCUT2D eigenvalue weighted by Crippen LogP contribution is 2.33. The molecule has 0 unspecified atom stereocenters. The van der Waals surface area contributed by atoms with E-state index in [9.17, 15) is 9.59 Å². The van der Waals surface area contributed by atoms with Crippen molar-refractivity contribution in [1.29, 1.82) is 0 Å². The number of aryl methyl sites for hydroxylation is 1. The van der Waals surface area contributed by atoms with E-state index in [0.29, 0.717) is 33.1 Å². The highest BCUT2D eigenvalue weighted by molar-refractivity contribution is 7.99. The van der Waals surface area contributed by atoms with Gasteiger partial charge in [0.05, 0.1) is 22.9 Å². The van der Waals surface area contributed by atoms with Crippen LogP contribution >= 0.6 is 34.7 Å². The largest absolute Gasteiger partial charge is 0.462 e. The Kier molecular flexibility index (Phi) is 7.74. The van der Waals surface area contributed by atoms with E-state index in [2.05, 4.69) is 15.5 Å². The van der Waals surface area contributed by atoms with Gasteiger partial charge in [-0.05, 0) is 45.4 Å². The number of aromatic nitrogens is 3. The van der Waals surface area contributed by atoms with Crippen LogP contribution in [0.3, 0.4) is 0 Å². The van der Waals surface area contributed by atoms with Crippen molar-refractivity contribution in [3.8, 4) is 11.4 Å². The molecule has 3 rings (SSSR count). The molecule has 0 atom stereocenters. The predicted molar refractivity (Wildman–Crippen MR) is 125 cm³/mol. The first-order valence-electron chi connectivity index (χ1n) is 9.75. The van der Waals surface area contributed by atoms with Gasteiger partial charge in [-0.3, -0.25) is 4.79 Å². The van der Waals surface area contributed by atoms with Crippen molar-refractivity contribution in [2.45, 2.75) is 39.4 Å². The molecule has 1 aromatic carbocycles. The van der Waals surface area contributed by atoms with Gasteiger partial charge >= 0.3 is 5.97 Å². The lowest BCUT2D eigenvalue weighted by Gasteiger charge is -2.09. The minimum absolute atomic E-state index is 0.124. The van der Waals surface area contributed by atoms with Crippen LogP contribution in [-0.2, 0) is 16.1 Å². The molecule has 0 aliphatic heterocycles. The van der Waals surface area contributed by atoms with E-state index in [1.165, 1.54) is 23.1 Å². The third-order valence-corrected chi connectivity index (χ3v) is 7.02. The van der Waals surface area contributed by atoms with Crippen LogP contribution in [0.2, 0.25) is 5.02 Å². The van der Waals surface area contributed by atoms with Crippen LogP contribution in [-0.4, -0.2) is 39.0 Å². The van der Waals surface area contributed by atoms with Gasteiger partial charge < -0.3 is 14.6 Å². The summed E-state index contributed by atoms with van der Waals surface area (Å²) >= 11 is 8.95. The van der Waals surface area contributed by atoms with Gasteiger partial charge in [-0.2, -0.15) is 0 Å². The number of carbonyl (C=O) groups is 2. The zero-order chi connectivity index (χ0) is 22.5. The molecule has 3 aromatic rings. The number of amides is 1. The first kappa shape index (κ1) is 23.3. The summed E-state index contributed by atoms with van der Waals surface area (Å²) in [6.45, 7) is 8.40. The molecule has 1 amide bonds. The van der Waals surface area contributed by atoms with Crippen LogP contribution in [0.1, 0.15) is 34.6 Å². The molecule has 0 aliphatic carbocycles. The standard InChI is InChI=1S/C21H23ClN4O3S2/c1-5-26-18(14-9-7-8-10-15(14)22)24-25-21(26)30-11-16(27)23-19-17(20(28)29-6-2)12(3)13(4)31-19/h7-10H,5-6,11H2,1-4H3,(H,23,27). The Labute approximate surface area is 194 Å². The highest BCUT2D eigenvalue weighted by atomic mass is 35.5. The van der Waals surface area contributed by atoms with E-state index in [0.717, 1.165) is 16.0 Å². The van der Waals surface area contributed by atoms with E-state index in [-0.39, 0.29) is 18.3 Å². The van der Waals surface area contributed by atoms with Gasteiger partial charge in [0, 0.05) is 17.0 Å². The maximum atomic E-state index is 12.6. The maximum Gasteiger partial charge on any atom is 0.341 e. The first-order chi connectivity index (χ1) is 14.9. The minimum Gasteiger partial charge on any atom is -0.462 e. The topological polar surface area (TPSA) is 86.1 Å². The lowest BCUT2D eigenvalue weighted by Crippen LogP contribution is -2.17. The van der Waals surface area contributed by atoms with Crippen LogP contribution in [0.4, 0.5) is 5.00 Å². The van der Waals surface area contributed by atoms with Crippen molar-refractivity contribution in [3.05, 3.63) is 45.3 Å². The molecule has 10 heteroatoms. The molecular weight excluding hydrogens is 456 g/mol. The number of benzene rings is 1. The number of ether oxygens (including phenoxy) is 1. The van der Waals surface area contributed by atoms with Gasteiger partial charge in [0.2, 0.25) is 5.91 Å². The second kappa shape index (κ2) is 10.3. The lowest BCUT2D eigenvalue weighted by molar-refractivity contribution is -0.113. The summed E-state index contributed by atoms with van der Waals surface area (Å²) < 4.78 is 7.06. The third-order valence-electron chi connectivity index (χ3n) is 4.60. The Morgan fingerprint density at radius 3 is 2.65 bits per heavy atom. The normalized spacial score (nSPS) is 10.9. The summed E-state index contributed by atoms with van der Waals surface area (Å²) in [7, 11) is 0. The van der Waals surface area contributed by atoms with Crippen molar-refractivity contribution in [3.63, 3.8) is 0 Å². The average molecular weight is 479 g/mol. The summed E-state index contributed by atoms with van der Waals surface area (Å²) in [5.41, 5.74) is 2.03. The molecule has 0 saturated heterocycles. The fraction of sp³-hybridized carbons (Fsp3) is 0.333. The van der Waals surface area contributed by atoms with Gasteiger partial charge in [-0.1, -0.05) is 35.5 Å². The fourth-order valence-corrected chi connectivity index (χ4v) is 5.07. The number of hydrogen-bond donors (Lipinski definition) is 1. The van der Waals surface area contributed by atoms with Crippen molar-refractivity contribution < 1.29 is 14.3 Å². The second-order valence-corrected chi connectivity index (χ2v) is 9.15. The van der Waals surface area contributed by atoms with E-state index >= 15 is 0 Å². The molecule has 2 heterocycles. The first-order valence-corrected chi connectivity index (χ1v) is 11.9. The number of hydrogen-bond acceptors (Lipinski definition) is 7. The molecular formula is C21H23ClN4O3S2. The number of thiophene rings is 1. The molecule has 0 radical (unpaired) electrons. The van der Waals surface area contributed by atoms with Crippen LogP contribution in [0.5, 0.6) is 0 Å². The van der Waals surface area contributed by atoms with Gasteiger partial charge in [-0.15, -0.1) is 21.5 Å². The number of anilines is 1. The van der Waals surface area contributed by atoms with Gasteiger partial charge in [0.25, 0.3) is 0 Å². The Hall–Kier alpha value is -2.36. The SMILES string of the molecule is CCOC(=O)c1c(NC(=O)CSc2nnc(-c3ccccc3Cl)n2CC)sc(C)c1C. The fourth-order valence-electron chi connectivity index (χ4n) is 2.98. The van der Waals surface area contributed by atoms with Crippen LogP contribution < -0.4 is 5.32 Å². The predicted octanol–water partition coefficient (Wildman–Crippen LogP) is 5.20. The number of nitrogens with one attached hydrogen (secondary N) is 1. The summed E-state index contributed by atoms with van der Waals surface area (Å²) in [5, 5.41) is 13.1. The van der Waals surface area contributed by atoms with Crippen molar-refractivity contribution >= 4 is 51.6 Å². The number of carbonyl (C=O) groups excluding carboxylic acids is 2. The summed E-state index contributed by atoms with van der Waals surface area (Å²) in [4.78, 5) is 25.9. The van der Waals surface area contributed by atoms with Gasteiger partial charge in [0.15, 0.2) is 11.0 Å². The molecule has 7 nitrogen and oxygen atoms in total. The Morgan fingerprint density at radius 1 is 1.23 bits per heavy atom. The number of nitrogens with zero attached hydrogens (tertiary/aromatic N) is 3. The Morgan fingerprint density at radius 2 is 1.97 bits per heavy atom. The molecule has 2 aromatic heterocycles. The molecule has 0 spiro atoms. The smallest absolute Gasteiger partial charge is 0.341 e. The maximum absolute atomic E-state index is 12.6. The summed E-state index contributed by atoms with van der Waals surface area (Å²) in [5.74, 6) is 0.119. The van der Waals surface area contributed by atoms with Gasteiger partial charge in [-0.25, -0.2) is 4.79 Å².